The van der Waals surface area contributed by atoms with E-state index in [0.29, 0.717) is 0 Å². The molecule has 84 valence electrons. The molecule has 0 N–H and O–H groups in total. The van der Waals surface area contributed by atoms with Gasteiger partial charge in [-0.05, 0) is 19.1 Å². The third-order valence-electron chi connectivity index (χ3n) is 2.78. The van der Waals surface area contributed by atoms with Gasteiger partial charge in [0, 0.05) is 38.2 Å². The Hall–Kier alpha value is -1.77. The van der Waals surface area contributed by atoms with Crippen LogP contribution in [-0.4, -0.2) is 29.5 Å². The van der Waals surface area contributed by atoms with Crippen molar-refractivity contribution in [3.63, 3.8) is 0 Å². The maximum atomic E-state index is 12.0. The van der Waals surface area contributed by atoms with E-state index in [1.807, 2.05) is 24.7 Å². The van der Waals surface area contributed by atoms with Gasteiger partial charge in [0.05, 0.1) is 5.56 Å². The van der Waals surface area contributed by atoms with Gasteiger partial charge < -0.3 is 9.47 Å². The molecule has 0 bridgehead atoms. The number of aromatic nitrogens is 1. The Labute approximate surface area is 95.3 Å². The molecule has 0 unspecified atom stereocenters. The van der Waals surface area contributed by atoms with Crippen molar-refractivity contribution in [2.75, 3.05) is 14.1 Å². The molecule has 1 aromatic heterocycles. The molecule has 0 aliphatic carbocycles. The Morgan fingerprint density at radius 3 is 2.62 bits per heavy atom. The van der Waals surface area contributed by atoms with Gasteiger partial charge in [0.25, 0.3) is 5.91 Å². The Morgan fingerprint density at radius 1 is 1.31 bits per heavy atom. The Kier molecular flexibility index (Phi) is 2.46. The molecule has 0 atom stereocenters. The van der Waals surface area contributed by atoms with Crippen LogP contribution < -0.4 is 0 Å². The molecule has 16 heavy (non-hydrogen) atoms. The van der Waals surface area contributed by atoms with E-state index in [9.17, 15) is 4.79 Å². The summed E-state index contributed by atoms with van der Waals surface area (Å²) in [5, 5.41) is 1.03. The molecule has 0 saturated heterocycles. The second-order valence-electron chi connectivity index (χ2n) is 4.37. The molecule has 1 amide bonds. The van der Waals surface area contributed by atoms with Gasteiger partial charge in [0.2, 0.25) is 0 Å². The van der Waals surface area contributed by atoms with Crippen molar-refractivity contribution in [2.24, 2.45) is 7.05 Å². The number of carbonyl (C=O) groups excluding carboxylic acids is 1. The summed E-state index contributed by atoms with van der Waals surface area (Å²) in [5.74, 6) is 0.0520. The predicted octanol–water partition coefficient (Wildman–Crippen LogP) is 2.19. The average Bonchev–Trinajstić information content (AvgIpc) is 2.54. The van der Waals surface area contributed by atoms with Gasteiger partial charge in [-0.15, -0.1) is 0 Å². The molecule has 0 fully saturated rings. The van der Waals surface area contributed by atoms with Crippen molar-refractivity contribution in [2.45, 2.75) is 6.92 Å². The van der Waals surface area contributed by atoms with Gasteiger partial charge in [-0.1, -0.05) is 11.6 Å². The summed E-state index contributed by atoms with van der Waals surface area (Å²) < 4.78 is 1.99. The number of nitrogens with zero attached hydrogens (tertiary/aromatic N) is 2. The van der Waals surface area contributed by atoms with Crippen molar-refractivity contribution in [1.29, 1.82) is 0 Å². The first-order valence-electron chi connectivity index (χ1n) is 5.28. The van der Waals surface area contributed by atoms with Gasteiger partial charge in [0.1, 0.15) is 0 Å². The largest absolute Gasteiger partial charge is 0.350 e. The number of carbonyl (C=O) groups is 1. The normalized spacial score (nSPS) is 10.8. The second-order valence-corrected chi connectivity index (χ2v) is 4.37. The van der Waals surface area contributed by atoms with Crippen LogP contribution in [0.4, 0.5) is 0 Å². The van der Waals surface area contributed by atoms with E-state index in [1.54, 1.807) is 19.0 Å². The fourth-order valence-electron chi connectivity index (χ4n) is 1.92. The summed E-state index contributed by atoms with van der Waals surface area (Å²) >= 11 is 0. The van der Waals surface area contributed by atoms with Crippen LogP contribution in [0.3, 0.4) is 0 Å². The molecule has 0 saturated carbocycles. The summed E-state index contributed by atoms with van der Waals surface area (Å²) in [4.78, 5) is 13.6. The lowest BCUT2D eigenvalue weighted by atomic mass is 10.1. The van der Waals surface area contributed by atoms with Crippen LogP contribution in [0.5, 0.6) is 0 Å². The van der Waals surface area contributed by atoms with E-state index < -0.39 is 0 Å². The van der Waals surface area contributed by atoms with Crippen LogP contribution in [0.25, 0.3) is 10.9 Å². The third-order valence-corrected chi connectivity index (χ3v) is 2.78. The number of hydrogen-bond donors (Lipinski definition) is 0. The number of amides is 1. The SMILES string of the molecule is Cc1ccc2c(c1)c(C(=O)N(C)C)cn2C. The molecule has 0 aliphatic heterocycles. The lowest BCUT2D eigenvalue weighted by molar-refractivity contribution is 0.0829. The minimum atomic E-state index is 0.0520. The van der Waals surface area contributed by atoms with Gasteiger partial charge in [0.15, 0.2) is 0 Å². The van der Waals surface area contributed by atoms with E-state index in [-0.39, 0.29) is 5.91 Å². The van der Waals surface area contributed by atoms with Crippen molar-refractivity contribution in [1.82, 2.24) is 9.47 Å². The minimum absolute atomic E-state index is 0.0520. The Balaban J connectivity index is 2.71. The van der Waals surface area contributed by atoms with Gasteiger partial charge in [-0.3, -0.25) is 4.79 Å². The highest BCUT2D eigenvalue weighted by Crippen LogP contribution is 2.22. The van der Waals surface area contributed by atoms with Crippen LogP contribution in [0.15, 0.2) is 24.4 Å². The summed E-state index contributed by atoms with van der Waals surface area (Å²) in [6.07, 6.45) is 1.90. The van der Waals surface area contributed by atoms with Crippen molar-refractivity contribution < 1.29 is 4.79 Å². The average molecular weight is 216 g/mol. The highest BCUT2D eigenvalue weighted by Gasteiger charge is 2.15. The van der Waals surface area contributed by atoms with E-state index in [0.717, 1.165) is 16.5 Å². The maximum Gasteiger partial charge on any atom is 0.255 e. The molecule has 2 rings (SSSR count). The van der Waals surface area contributed by atoms with E-state index in [1.165, 1.54) is 5.56 Å². The molecular weight excluding hydrogens is 200 g/mol. The highest BCUT2D eigenvalue weighted by atomic mass is 16.2. The zero-order valence-corrected chi connectivity index (χ0v) is 10.1. The van der Waals surface area contributed by atoms with Crippen LogP contribution in [0.1, 0.15) is 15.9 Å². The molecule has 3 heteroatoms. The molecule has 3 nitrogen and oxygen atoms in total. The van der Waals surface area contributed by atoms with Gasteiger partial charge in [-0.25, -0.2) is 0 Å². The number of aryl methyl sites for hydroxylation is 2. The van der Waals surface area contributed by atoms with Crippen LogP contribution in [-0.2, 0) is 7.05 Å². The van der Waals surface area contributed by atoms with Gasteiger partial charge >= 0.3 is 0 Å². The van der Waals surface area contributed by atoms with Crippen LogP contribution in [0.2, 0.25) is 0 Å². The number of benzene rings is 1. The lowest BCUT2D eigenvalue weighted by Gasteiger charge is -2.08. The van der Waals surface area contributed by atoms with Crippen molar-refractivity contribution in [3.05, 3.63) is 35.5 Å². The fourth-order valence-corrected chi connectivity index (χ4v) is 1.92. The predicted molar refractivity (Wildman–Crippen MR) is 65.7 cm³/mol. The summed E-state index contributed by atoms with van der Waals surface area (Å²) in [7, 11) is 5.51. The number of hydrogen-bond acceptors (Lipinski definition) is 1. The summed E-state index contributed by atoms with van der Waals surface area (Å²) in [5.41, 5.74) is 3.04. The van der Waals surface area contributed by atoms with Gasteiger partial charge in [-0.2, -0.15) is 0 Å². The fraction of sp³-hybridized carbons (Fsp3) is 0.308. The van der Waals surface area contributed by atoms with E-state index in [2.05, 4.69) is 18.2 Å². The first kappa shape index (κ1) is 10.7. The lowest BCUT2D eigenvalue weighted by Crippen LogP contribution is -2.21. The quantitative estimate of drug-likeness (QED) is 0.717. The zero-order valence-electron chi connectivity index (χ0n) is 10.1. The molecule has 0 radical (unpaired) electrons. The first-order valence-corrected chi connectivity index (χ1v) is 5.28. The molecule has 1 heterocycles. The minimum Gasteiger partial charge on any atom is -0.350 e. The summed E-state index contributed by atoms with van der Waals surface area (Å²) in [6.45, 7) is 2.04. The smallest absolute Gasteiger partial charge is 0.255 e. The third kappa shape index (κ3) is 1.58. The standard InChI is InChI=1S/C13H16N2O/c1-9-5-6-12-10(7-9)11(8-15(12)4)13(16)14(2)3/h5-8H,1-4H3. The maximum absolute atomic E-state index is 12.0. The van der Waals surface area contributed by atoms with Crippen LogP contribution in [0, 0.1) is 6.92 Å². The zero-order chi connectivity index (χ0) is 11.9. The second kappa shape index (κ2) is 3.67. The first-order chi connectivity index (χ1) is 7.50. The molecule has 2 aromatic rings. The Bertz CT molecular complexity index is 552. The summed E-state index contributed by atoms with van der Waals surface area (Å²) in [6, 6.07) is 6.18. The van der Waals surface area contributed by atoms with Crippen molar-refractivity contribution in [3.8, 4) is 0 Å². The highest BCUT2D eigenvalue weighted by molar-refractivity contribution is 6.06. The molecule has 0 spiro atoms. The van der Waals surface area contributed by atoms with Crippen LogP contribution >= 0.6 is 0 Å². The molecule has 1 aromatic carbocycles. The number of fused-ring (bicyclic) bond motifs is 1. The topological polar surface area (TPSA) is 25.2 Å². The van der Waals surface area contributed by atoms with Crippen molar-refractivity contribution >= 4 is 16.8 Å². The molecular formula is C13H16N2O. The van der Waals surface area contributed by atoms with E-state index in [4.69, 9.17) is 0 Å². The molecule has 0 aliphatic rings. The monoisotopic (exact) mass is 216 g/mol. The Morgan fingerprint density at radius 2 is 2.00 bits per heavy atom. The number of rotatable bonds is 1. The van der Waals surface area contributed by atoms with E-state index >= 15 is 0 Å².